The minimum Gasteiger partial charge on any atom is -0.507 e. The first-order valence-corrected chi connectivity index (χ1v) is 5.33. The first-order chi connectivity index (χ1) is 5.63. The van der Waals surface area contributed by atoms with E-state index in [0.29, 0.717) is 4.47 Å². The predicted molar refractivity (Wildman–Crippen MR) is 62.5 cm³/mol. The van der Waals surface area contributed by atoms with Crippen LogP contribution in [-0.4, -0.2) is 5.11 Å². The number of rotatable bonds is 0. The van der Waals surface area contributed by atoms with Gasteiger partial charge in [0.05, 0.1) is 4.47 Å². The molecule has 0 aliphatic carbocycles. The second-order valence-electron chi connectivity index (χ2n) is 1.69. The van der Waals surface area contributed by atoms with Crippen molar-refractivity contribution in [2.75, 3.05) is 0 Å². The zero-order valence-electron chi connectivity index (χ0n) is 6.15. The Morgan fingerprint density at radius 2 is 1.50 bits per heavy atom. The van der Waals surface area contributed by atoms with Gasteiger partial charge in [0, 0.05) is 8.95 Å². The molecule has 0 saturated carbocycles. The highest BCUT2D eigenvalue weighted by molar-refractivity contribution is 9.14. The zero-order chi connectivity index (χ0) is 9.72. The lowest BCUT2D eigenvalue weighted by Gasteiger charge is -2.00. The van der Waals surface area contributed by atoms with Crippen LogP contribution in [0.25, 0.3) is 0 Å². The molecule has 0 spiro atoms. The molecule has 0 heterocycles. The van der Waals surface area contributed by atoms with Gasteiger partial charge in [0.25, 0.3) is 0 Å². The number of hydrogen-bond acceptors (Lipinski definition) is 1. The SMILES string of the molecule is C=C.Oc1ccc(Br)c(Br)c1Br. The van der Waals surface area contributed by atoms with Crippen LogP contribution >= 0.6 is 47.8 Å². The summed E-state index contributed by atoms with van der Waals surface area (Å²) in [6.07, 6.45) is 0. The molecule has 1 aromatic rings. The Bertz CT molecular complexity index is 246. The molecule has 0 saturated heterocycles. The largest absolute Gasteiger partial charge is 0.507 e. The number of hydrogen-bond donors (Lipinski definition) is 1. The van der Waals surface area contributed by atoms with Crippen molar-refractivity contribution in [3.63, 3.8) is 0 Å². The molecule has 1 nitrogen and oxygen atoms in total. The molecule has 0 amide bonds. The van der Waals surface area contributed by atoms with Crippen molar-refractivity contribution in [1.29, 1.82) is 0 Å². The van der Waals surface area contributed by atoms with Crippen molar-refractivity contribution in [1.82, 2.24) is 0 Å². The summed E-state index contributed by atoms with van der Waals surface area (Å²) in [6.45, 7) is 6.00. The van der Waals surface area contributed by atoms with Crippen LogP contribution < -0.4 is 0 Å². The first-order valence-electron chi connectivity index (χ1n) is 2.95. The quantitative estimate of drug-likeness (QED) is 0.535. The molecule has 4 heteroatoms. The van der Waals surface area contributed by atoms with E-state index >= 15 is 0 Å². The van der Waals surface area contributed by atoms with Crippen molar-refractivity contribution in [2.24, 2.45) is 0 Å². The van der Waals surface area contributed by atoms with Crippen LogP contribution in [0.2, 0.25) is 0 Å². The van der Waals surface area contributed by atoms with Crippen LogP contribution in [0, 0.1) is 0 Å². The molecule has 0 fully saturated rings. The van der Waals surface area contributed by atoms with E-state index < -0.39 is 0 Å². The van der Waals surface area contributed by atoms with Gasteiger partial charge in [0.1, 0.15) is 5.75 Å². The van der Waals surface area contributed by atoms with Gasteiger partial charge in [-0.1, -0.05) is 0 Å². The fourth-order valence-corrected chi connectivity index (χ4v) is 1.79. The molecule has 0 bridgehead atoms. The van der Waals surface area contributed by atoms with E-state index in [9.17, 15) is 0 Å². The lowest BCUT2D eigenvalue weighted by atomic mass is 10.3. The second kappa shape index (κ2) is 5.78. The third-order valence-corrected chi connectivity index (χ3v) is 4.37. The summed E-state index contributed by atoms with van der Waals surface area (Å²) in [7, 11) is 0. The summed E-state index contributed by atoms with van der Waals surface area (Å²) in [5.74, 6) is 0.232. The van der Waals surface area contributed by atoms with E-state index in [0.717, 1.165) is 8.95 Å². The molecular weight excluding hydrogens is 352 g/mol. The Morgan fingerprint density at radius 3 is 1.92 bits per heavy atom. The van der Waals surface area contributed by atoms with Crippen LogP contribution in [0.5, 0.6) is 5.75 Å². The molecule has 0 unspecified atom stereocenters. The number of halogens is 3. The second-order valence-corrected chi connectivity index (χ2v) is 4.13. The van der Waals surface area contributed by atoms with E-state index in [-0.39, 0.29) is 5.75 Å². The van der Waals surface area contributed by atoms with Gasteiger partial charge in [0.15, 0.2) is 0 Å². The standard InChI is InChI=1S/C6H3Br3O.C2H4/c7-3-1-2-4(10)6(9)5(3)8;1-2/h1-2,10H;1-2H2. The average Bonchev–Trinajstić information content (AvgIpc) is 2.12. The minimum atomic E-state index is 0.232. The summed E-state index contributed by atoms with van der Waals surface area (Å²) < 4.78 is 2.41. The highest BCUT2D eigenvalue weighted by Gasteiger charge is 2.04. The molecule has 12 heavy (non-hydrogen) atoms. The Balaban J connectivity index is 0.000000561. The van der Waals surface area contributed by atoms with E-state index in [2.05, 4.69) is 60.9 Å². The Hall–Kier alpha value is 0.200. The molecule has 0 aromatic heterocycles. The topological polar surface area (TPSA) is 20.2 Å². The fraction of sp³-hybridized carbons (Fsp3) is 0. The summed E-state index contributed by atoms with van der Waals surface area (Å²) in [4.78, 5) is 0. The molecule has 0 radical (unpaired) electrons. The average molecular weight is 359 g/mol. The monoisotopic (exact) mass is 356 g/mol. The Morgan fingerprint density at radius 1 is 1.00 bits per heavy atom. The highest BCUT2D eigenvalue weighted by atomic mass is 79.9. The van der Waals surface area contributed by atoms with Gasteiger partial charge in [-0.15, -0.1) is 13.2 Å². The molecule has 1 N–H and O–H groups in total. The van der Waals surface area contributed by atoms with Gasteiger partial charge in [0.2, 0.25) is 0 Å². The number of benzene rings is 1. The maximum atomic E-state index is 9.13. The van der Waals surface area contributed by atoms with Gasteiger partial charge in [-0.25, -0.2) is 0 Å². The Kier molecular flexibility index (Phi) is 5.88. The predicted octanol–water partition coefficient (Wildman–Crippen LogP) is 4.48. The van der Waals surface area contributed by atoms with Crippen molar-refractivity contribution in [2.45, 2.75) is 0 Å². The number of phenolic OH excluding ortho intramolecular Hbond substituents is 1. The normalized spacial score (nSPS) is 8.58. The molecule has 0 aliphatic rings. The zero-order valence-corrected chi connectivity index (χ0v) is 10.9. The minimum absolute atomic E-state index is 0.232. The van der Waals surface area contributed by atoms with Gasteiger partial charge < -0.3 is 5.11 Å². The van der Waals surface area contributed by atoms with Crippen molar-refractivity contribution < 1.29 is 5.11 Å². The van der Waals surface area contributed by atoms with E-state index in [1.165, 1.54) is 0 Å². The fourth-order valence-electron chi connectivity index (χ4n) is 0.516. The number of phenols is 1. The van der Waals surface area contributed by atoms with Crippen LogP contribution in [0.15, 0.2) is 38.7 Å². The molecule has 1 aromatic carbocycles. The van der Waals surface area contributed by atoms with Gasteiger partial charge in [-0.3, -0.25) is 0 Å². The third kappa shape index (κ3) is 2.92. The summed E-state index contributed by atoms with van der Waals surface area (Å²) in [5, 5.41) is 9.13. The van der Waals surface area contributed by atoms with Gasteiger partial charge >= 0.3 is 0 Å². The highest BCUT2D eigenvalue weighted by Crippen LogP contribution is 2.36. The van der Waals surface area contributed by atoms with Crippen molar-refractivity contribution in [3.05, 3.63) is 38.7 Å². The maximum Gasteiger partial charge on any atom is 0.130 e. The molecule has 1 rings (SSSR count). The van der Waals surface area contributed by atoms with Crippen molar-refractivity contribution >= 4 is 47.8 Å². The summed E-state index contributed by atoms with van der Waals surface area (Å²) in [6, 6.07) is 3.38. The van der Waals surface area contributed by atoms with E-state index in [1.54, 1.807) is 12.1 Å². The first kappa shape index (κ1) is 12.2. The maximum absolute atomic E-state index is 9.13. The summed E-state index contributed by atoms with van der Waals surface area (Å²) in [5.41, 5.74) is 0. The smallest absolute Gasteiger partial charge is 0.130 e. The lowest BCUT2D eigenvalue weighted by Crippen LogP contribution is -1.72. The van der Waals surface area contributed by atoms with E-state index in [1.807, 2.05) is 0 Å². The third-order valence-electron chi connectivity index (χ3n) is 1.01. The molecule has 0 atom stereocenters. The lowest BCUT2D eigenvalue weighted by molar-refractivity contribution is 0.471. The van der Waals surface area contributed by atoms with Gasteiger partial charge in [-0.2, -0.15) is 0 Å². The van der Waals surface area contributed by atoms with Crippen LogP contribution in [-0.2, 0) is 0 Å². The van der Waals surface area contributed by atoms with Crippen LogP contribution in [0.3, 0.4) is 0 Å². The number of aromatic hydroxyl groups is 1. The van der Waals surface area contributed by atoms with E-state index in [4.69, 9.17) is 5.11 Å². The van der Waals surface area contributed by atoms with Gasteiger partial charge in [-0.05, 0) is 59.9 Å². The van der Waals surface area contributed by atoms with Crippen molar-refractivity contribution in [3.8, 4) is 5.75 Å². The van der Waals surface area contributed by atoms with Crippen LogP contribution in [0.4, 0.5) is 0 Å². The summed E-state index contributed by atoms with van der Waals surface area (Å²) >= 11 is 9.77. The molecule has 0 aliphatic heterocycles. The molecular formula is C8H7Br3O. The Labute approximate surface area is 96.9 Å². The molecule has 66 valence electrons. The van der Waals surface area contributed by atoms with Crippen LogP contribution in [0.1, 0.15) is 0 Å².